The normalized spacial score (nSPS) is 18.8. The lowest BCUT2D eigenvalue weighted by Gasteiger charge is -2.38. The zero-order valence-corrected chi connectivity index (χ0v) is 19.5. The molecule has 0 bridgehead atoms. The highest BCUT2D eigenvalue weighted by Gasteiger charge is 2.37. The Morgan fingerprint density at radius 2 is 1.81 bits per heavy atom. The fourth-order valence-corrected chi connectivity index (χ4v) is 4.61. The van der Waals surface area contributed by atoms with Crippen LogP contribution >= 0.6 is 0 Å². The van der Waals surface area contributed by atoms with E-state index in [0.29, 0.717) is 0 Å². The molecule has 1 aliphatic rings. The Balaban J connectivity index is 1.96. The van der Waals surface area contributed by atoms with Crippen molar-refractivity contribution >= 4 is 6.03 Å². The van der Waals surface area contributed by atoms with E-state index in [1.165, 1.54) is 27.2 Å². The molecule has 1 heterocycles. The number of amides is 2. The summed E-state index contributed by atoms with van der Waals surface area (Å²) in [4.78, 5) is 13.9. The van der Waals surface area contributed by atoms with Crippen molar-refractivity contribution in [1.82, 2.24) is 10.6 Å². The summed E-state index contributed by atoms with van der Waals surface area (Å²) in [7, 11) is 3.33. The molecule has 6 heteroatoms. The Bertz CT molecular complexity index is 913. The molecule has 0 spiro atoms. The van der Waals surface area contributed by atoms with Gasteiger partial charge in [0.15, 0.2) is 11.5 Å². The summed E-state index contributed by atoms with van der Waals surface area (Å²) in [5.41, 5.74) is 5.04. The highest BCUT2D eigenvalue weighted by Crippen LogP contribution is 2.35. The van der Waals surface area contributed by atoms with Crippen LogP contribution in [0.5, 0.6) is 11.5 Å². The Morgan fingerprint density at radius 1 is 1.10 bits per heavy atom. The molecule has 1 aliphatic heterocycles. The van der Waals surface area contributed by atoms with Crippen molar-refractivity contribution < 1.29 is 19.2 Å². The van der Waals surface area contributed by atoms with Crippen molar-refractivity contribution in [2.75, 3.05) is 20.8 Å². The van der Waals surface area contributed by atoms with E-state index in [1.54, 1.807) is 14.2 Å². The first-order valence-corrected chi connectivity index (χ1v) is 11.0. The second-order valence-electron chi connectivity index (χ2n) is 8.77. The van der Waals surface area contributed by atoms with Gasteiger partial charge in [0.2, 0.25) is 0 Å². The summed E-state index contributed by atoms with van der Waals surface area (Å²) in [5.74, 6) is 1.47. The van der Waals surface area contributed by atoms with Crippen molar-refractivity contribution in [3.05, 3.63) is 58.7 Å². The Labute approximate surface area is 185 Å². The summed E-state index contributed by atoms with van der Waals surface area (Å²) in [6, 6.07) is 12.8. The van der Waals surface area contributed by atoms with Gasteiger partial charge in [0.25, 0.3) is 0 Å². The zero-order valence-electron chi connectivity index (χ0n) is 19.5. The molecule has 0 fully saturated rings. The molecule has 0 saturated heterocycles. The molecule has 31 heavy (non-hydrogen) atoms. The van der Waals surface area contributed by atoms with E-state index in [4.69, 9.17) is 9.47 Å². The van der Waals surface area contributed by atoms with E-state index >= 15 is 0 Å². The molecule has 2 aromatic carbocycles. The van der Waals surface area contributed by atoms with E-state index in [1.807, 2.05) is 13.8 Å². The monoisotopic (exact) mass is 426 g/mol. The topological polar surface area (TPSA) is 64.0 Å². The SMILES string of the molecule is COc1cc2c(cc1OC)[C@H]([C@@H](C)NC(=O)NC(C)C)[NH+](Cc1cccc(C)c1)CC2. The predicted octanol–water partition coefficient (Wildman–Crippen LogP) is 2.79. The van der Waals surface area contributed by atoms with Crippen LogP contribution in [0.2, 0.25) is 0 Å². The number of urea groups is 1. The van der Waals surface area contributed by atoms with Gasteiger partial charge in [-0.05, 0) is 45.4 Å². The molecule has 0 aliphatic carbocycles. The molecule has 0 saturated carbocycles. The number of ether oxygens (including phenoxy) is 2. The number of carbonyl (C=O) groups excluding carboxylic acids is 1. The first kappa shape index (κ1) is 22.9. The minimum Gasteiger partial charge on any atom is -0.493 e. The number of methoxy groups -OCH3 is 2. The quantitative estimate of drug-likeness (QED) is 0.638. The molecular formula is C25H36N3O3+. The molecule has 2 aromatic rings. The van der Waals surface area contributed by atoms with Gasteiger partial charge < -0.3 is 25.0 Å². The van der Waals surface area contributed by atoms with Gasteiger partial charge in [-0.1, -0.05) is 29.8 Å². The lowest BCUT2D eigenvalue weighted by atomic mass is 9.87. The first-order valence-electron chi connectivity index (χ1n) is 11.0. The molecule has 0 aromatic heterocycles. The van der Waals surface area contributed by atoms with Crippen LogP contribution < -0.4 is 25.0 Å². The maximum Gasteiger partial charge on any atom is 0.315 e. The van der Waals surface area contributed by atoms with Gasteiger partial charge in [-0.3, -0.25) is 0 Å². The van der Waals surface area contributed by atoms with Gasteiger partial charge in [-0.15, -0.1) is 0 Å². The molecule has 3 atom stereocenters. The van der Waals surface area contributed by atoms with E-state index in [2.05, 4.69) is 60.9 Å². The third-order valence-corrected chi connectivity index (χ3v) is 5.93. The average molecular weight is 427 g/mol. The van der Waals surface area contributed by atoms with Crippen molar-refractivity contribution in [3.8, 4) is 11.5 Å². The van der Waals surface area contributed by atoms with Crippen LogP contribution in [0, 0.1) is 6.92 Å². The maximum atomic E-state index is 12.5. The number of rotatable bonds is 7. The standard InChI is InChI=1S/C25H35N3O3/c1-16(2)26-25(29)27-18(4)24-21-14-23(31-6)22(30-5)13-20(21)10-11-28(24)15-19-9-7-8-17(3)12-19/h7-9,12-14,16,18,24H,10-11,15H2,1-6H3,(H2,26,27,29)/p+1/t18-,24+/m1/s1. The third kappa shape index (κ3) is 5.50. The maximum absolute atomic E-state index is 12.5. The van der Waals surface area contributed by atoms with Crippen molar-refractivity contribution in [2.45, 2.75) is 58.8 Å². The molecule has 2 amide bonds. The number of carbonyl (C=O) groups is 1. The minimum absolute atomic E-state index is 0.0595. The van der Waals surface area contributed by atoms with Crippen LogP contribution in [0.25, 0.3) is 0 Å². The Hall–Kier alpha value is -2.73. The lowest BCUT2D eigenvalue weighted by Crippen LogP contribution is -3.13. The fraction of sp³-hybridized carbons (Fsp3) is 0.480. The number of hydrogen-bond acceptors (Lipinski definition) is 3. The number of aryl methyl sites for hydroxylation is 1. The lowest BCUT2D eigenvalue weighted by molar-refractivity contribution is -0.948. The summed E-state index contributed by atoms with van der Waals surface area (Å²) in [6.45, 7) is 10.0. The highest BCUT2D eigenvalue weighted by molar-refractivity contribution is 5.74. The second kappa shape index (κ2) is 10.1. The van der Waals surface area contributed by atoms with Gasteiger partial charge in [-0.25, -0.2) is 4.79 Å². The minimum atomic E-state index is -0.134. The van der Waals surface area contributed by atoms with Gasteiger partial charge in [0, 0.05) is 23.6 Å². The van der Waals surface area contributed by atoms with Crippen LogP contribution in [-0.2, 0) is 13.0 Å². The molecule has 0 radical (unpaired) electrons. The van der Waals surface area contributed by atoms with Crippen molar-refractivity contribution in [2.24, 2.45) is 0 Å². The average Bonchev–Trinajstić information content (AvgIpc) is 2.71. The zero-order chi connectivity index (χ0) is 22.5. The van der Waals surface area contributed by atoms with Crippen molar-refractivity contribution in [3.63, 3.8) is 0 Å². The summed E-state index contributed by atoms with van der Waals surface area (Å²) in [6.07, 6.45) is 0.957. The van der Waals surface area contributed by atoms with Crippen LogP contribution in [0.15, 0.2) is 36.4 Å². The number of fused-ring (bicyclic) bond motifs is 1. The van der Waals surface area contributed by atoms with Crippen LogP contribution in [0.4, 0.5) is 4.79 Å². The predicted molar refractivity (Wildman–Crippen MR) is 123 cm³/mol. The number of hydrogen-bond donors (Lipinski definition) is 3. The molecule has 3 N–H and O–H groups in total. The Kier molecular flexibility index (Phi) is 7.44. The number of benzene rings is 2. The van der Waals surface area contributed by atoms with Gasteiger partial charge in [0.05, 0.1) is 26.8 Å². The van der Waals surface area contributed by atoms with Crippen molar-refractivity contribution in [1.29, 1.82) is 0 Å². The Morgan fingerprint density at radius 3 is 2.45 bits per heavy atom. The fourth-order valence-electron chi connectivity index (χ4n) is 4.61. The third-order valence-electron chi connectivity index (χ3n) is 5.93. The van der Waals surface area contributed by atoms with Crippen LogP contribution in [-0.4, -0.2) is 38.9 Å². The first-order chi connectivity index (χ1) is 14.8. The highest BCUT2D eigenvalue weighted by atomic mass is 16.5. The summed E-state index contributed by atoms with van der Waals surface area (Å²) < 4.78 is 11.1. The molecule has 3 rings (SSSR count). The molecule has 6 nitrogen and oxygen atoms in total. The second-order valence-corrected chi connectivity index (χ2v) is 8.77. The summed E-state index contributed by atoms with van der Waals surface area (Å²) in [5, 5.41) is 6.12. The van der Waals surface area contributed by atoms with Crippen LogP contribution in [0.1, 0.15) is 49.1 Å². The van der Waals surface area contributed by atoms with E-state index in [9.17, 15) is 4.79 Å². The molecular weight excluding hydrogens is 390 g/mol. The van der Waals surface area contributed by atoms with Gasteiger partial charge >= 0.3 is 6.03 Å². The largest absolute Gasteiger partial charge is 0.493 e. The van der Waals surface area contributed by atoms with E-state index in [0.717, 1.165) is 31.0 Å². The number of nitrogens with one attached hydrogen (secondary N) is 3. The summed E-state index contributed by atoms with van der Waals surface area (Å²) >= 11 is 0. The van der Waals surface area contributed by atoms with Gasteiger partial charge in [-0.2, -0.15) is 0 Å². The number of quaternary nitrogens is 1. The smallest absolute Gasteiger partial charge is 0.315 e. The van der Waals surface area contributed by atoms with Crippen LogP contribution in [0.3, 0.4) is 0 Å². The van der Waals surface area contributed by atoms with E-state index in [-0.39, 0.29) is 24.2 Å². The molecule has 168 valence electrons. The van der Waals surface area contributed by atoms with E-state index < -0.39 is 0 Å². The molecule has 1 unspecified atom stereocenters. The van der Waals surface area contributed by atoms with Gasteiger partial charge in [0.1, 0.15) is 12.6 Å².